The molecule has 9 nitrogen and oxygen atoms in total. The van der Waals surface area contributed by atoms with Crippen LogP contribution in [-0.4, -0.2) is 31.2 Å². The maximum Gasteiger partial charge on any atom is 0.274 e. The Labute approximate surface area is 140 Å². The van der Waals surface area contributed by atoms with Crippen LogP contribution in [-0.2, 0) is 0 Å². The van der Waals surface area contributed by atoms with E-state index in [1.165, 1.54) is 42.6 Å². The SMILES string of the molecule is O=C(Nc1ccc([N+](=O)[O-])cc1)c1[nH]ncc1-c1ccc(O)cc1O. The number of carbonyl (C=O) groups is 1. The van der Waals surface area contributed by atoms with E-state index in [4.69, 9.17) is 0 Å². The Morgan fingerprint density at radius 1 is 1.12 bits per heavy atom. The first kappa shape index (κ1) is 16.0. The van der Waals surface area contributed by atoms with Gasteiger partial charge in [0, 0.05) is 35.0 Å². The normalized spacial score (nSPS) is 10.4. The highest BCUT2D eigenvalue weighted by atomic mass is 16.6. The molecule has 0 radical (unpaired) electrons. The maximum atomic E-state index is 12.4. The minimum atomic E-state index is -0.536. The van der Waals surface area contributed by atoms with Gasteiger partial charge in [0.05, 0.1) is 11.1 Å². The van der Waals surface area contributed by atoms with Crippen LogP contribution in [0.25, 0.3) is 11.1 Å². The average molecular weight is 340 g/mol. The molecule has 0 aliphatic rings. The van der Waals surface area contributed by atoms with Gasteiger partial charge in [0.1, 0.15) is 17.2 Å². The molecule has 1 aromatic heterocycles. The first-order chi connectivity index (χ1) is 12.0. The number of amides is 1. The zero-order chi connectivity index (χ0) is 18.0. The molecule has 25 heavy (non-hydrogen) atoms. The molecular weight excluding hydrogens is 328 g/mol. The molecular formula is C16H12N4O5. The number of aromatic hydroxyl groups is 2. The van der Waals surface area contributed by atoms with Crippen LogP contribution in [0.5, 0.6) is 11.5 Å². The number of nitro benzene ring substituents is 1. The molecule has 2 aromatic carbocycles. The molecule has 1 heterocycles. The summed E-state index contributed by atoms with van der Waals surface area (Å²) in [5.41, 5.74) is 1.04. The summed E-state index contributed by atoms with van der Waals surface area (Å²) >= 11 is 0. The van der Waals surface area contributed by atoms with Gasteiger partial charge in [-0.15, -0.1) is 0 Å². The molecule has 0 atom stereocenters. The van der Waals surface area contributed by atoms with Crippen LogP contribution in [0.4, 0.5) is 11.4 Å². The molecule has 0 aliphatic carbocycles. The van der Waals surface area contributed by atoms with Crippen LogP contribution in [0.2, 0.25) is 0 Å². The third-order valence-electron chi connectivity index (χ3n) is 3.47. The van der Waals surface area contributed by atoms with Gasteiger partial charge in [-0.25, -0.2) is 0 Å². The molecule has 0 bridgehead atoms. The van der Waals surface area contributed by atoms with Crippen molar-refractivity contribution in [1.82, 2.24) is 10.2 Å². The molecule has 3 rings (SSSR count). The van der Waals surface area contributed by atoms with E-state index in [1.807, 2.05) is 0 Å². The van der Waals surface area contributed by atoms with Gasteiger partial charge in [0.2, 0.25) is 0 Å². The first-order valence-electron chi connectivity index (χ1n) is 7.07. The smallest absolute Gasteiger partial charge is 0.274 e. The zero-order valence-electron chi connectivity index (χ0n) is 12.6. The van der Waals surface area contributed by atoms with Gasteiger partial charge in [-0.2, -0.15) is 5.10 Å². The van der Waals surface area contributed by atoms with Gasteiger partial charge in [0.25, 0.3) is 11.6 Å². The third-order valence-corrected chi connectivity index (χ3v) is 3.47. The van der Waals surface area contributed by atoms with Crippen molar-refractivity contribution >= 4 is 17.3 Å². The number of aromatic amines is 1. The number of phenols is 2. The van der Waals surface area contributed by atoms with Crippen LogP contribution in [0.3, 0.4) is 0 Å². The number of hydrogen-bond acceptors (Lipinski definition) is 6. The second-order valence-corrected chi connectivity index (χ2v) is 5.12. The molecule has 0 aliphatic heterocycles. The molecule has 0 unspecified atom stereocenters. The van der Waals surface area contributed by atoms with Crippen molar-refractivity contribution in [3.05, 3.63) is 64.5 Å². The van der Waals surface area contributed by atoms with Crippen LogP contribution in [0, 0.1) is 10.1 Å². The molecule has 4 N–H and O–H groups in total. The number of H-pyrrole nitrogens is 1. The Bertz CT molecular complexity index is 949. The van der Waals surface area contributed by atoms with Crippen molar-refractivity contribution in [3.63, 3.8) is 0 Å². The number of aromatic nitrogens is 2. The van der Waals surface area contributed by atoms with E-state index in [0.29, 0.717) is 16.8 Å². The number of rotatable bonds is 4. The van der Waals surface area contributed by atoms with Gasteiger partial charge in [-0.05, 0) is 24.3 Å². The largest absolute Gasteiger partial charge is 0.508 e. The minimum Gasteiger partial charge on any atom is -0.508 e. The highest BCUT2D eigenvalue weighted by molar-refractivity contribution is 6.07. The van der Waals surface area contributed by atoms with Gasteiger partial charge < -0.3 is 15.5 Å². The first-order valence-corrected chi connectivity index (χ1v) is 7.07. The predicted octanol–water partition coefficient (Wildman–Crippen LogP) is 2.65. The number of nitrogens with zero attached hydrogens (tertiary/aromatic N) is 2. The Balaban J connectivity index is 1.86. The summed E-state index contributed by atoms with van der Waals surface area (Å²) in [7, 11) is 0. The van der Waals surface area contributed by atoms with Crippen LogP contribution in [0.1, 0.15) is 10.5 Å². The van der Waals surface area contributed by atoms with E-state index in [2.05, 4.69) is 15.5 Å². The monoisotopic (exact) mass is 340 g/mol. The number of carbonyl (C=O) groups excluding carboxylic acids is 1. The molecule has 9 heteroatoms. The lowest BCUT2D eigenvalue weighted by molar-refractivity contribution is -0.384. The summed E-state index contributed by atoms with van der Waals surface area (Å²) in [5, 5.41) is 38.9. The summed E-state index contributed by atoms with van der Waals surface area (Å²) < 4.78 is 0. The molecule has 126 valence electrons. The highest BCUT2D eigenvalue weighted by Crippen LogP contribution is 2.33. The van der Waals surface area contributed by atoms with Crippen LogP contribution < -0.4 is 5.32 Å². The van der Waals surface area contributed by atoms with Crippen molar-refractivity contribution in [3.8, 4) is 22.6 Å². The fourth-order valence-corrected chi connectivity index (χ4v) is 2.27. The quantitative estimate of drug-likeness (QED) is 0.425. The summed E-state index contributed by atoms with van der Waals surface area (Å²) in [5.74, 6) is -0.846. The van der Waals surface area contributed by atoms with Crippen molar-refractivity contribution in [2.24, 2.45) is 0 Å². The number of benzene rings is 2. The lowest BCUT2D eigenvalue weighted by Crippen LogP contribution is -2.13. The Hall–Kier alpha value is -3.88. The van der Waals surface area contributed by atoms with Gasteiger partial charge in [-0.1, -0.05) is 0 Å². The number of phenolic OH excluding ortho intramolecular Hbond substituents is 2. The zero-order valence-corrected chi connectivity index (χ0v) is 12.6. The molecule has 0 spiro atoms. The Morgan fingerprint density at radius 3 is 2.48 bits per heavy atom. The molecule has 0 fully saturated rings. The molecule has 0 saturated heterocycles. The topological polar surface area (TPSA) is 141 Å². The van der Waals surface area contributed by atoms with Gasteiger partial charge in [-0.3, -0.25) is 20.0 Å². The van der Waals surface area contributed by atoms with E-state index in [1.54, 1.807) is 0 Å². The van der Waals surface area contributed by atoms with Crippen LogP contribution >= 0.6 is 0 Å². The maximum absolute atomic E-state index is 12.4. The van der Waals surface area contributed by atoms with E-state index in [-0.39, 0.29) is 22.9 Å². The lowest BCUT2D eigenvalue weighted by Gasteiger charge is -2.07. The Morgan fingerprint density at radius 2 is 1.84 bits per heavy atom. The van der Waals surface area contributed by atoms with Crippen LogP contribution in [0.15, 0.2) is 48.7 Å². The van der Waals surface area contributed by atoms with E-state index < -0.39 is 10.8 Å². The van der Waals surface area contributed by atoms with E-state index >= 15 is 0 Å². The number of nitro groups is 1. The molecule has 0 saturated carbocycles. The van der Waals surface area contributed by atoms with Crippen molar-refractivity contribution in [2.45, 2.75) is 0 Å². The lowest BCUT2D eigenvalue weighted by atomic mass is 10.0. The van der Waals surface area contributed by atoms with Crippen molar-refractivity contribution < 1.29 is 19.9 Å². The van der Waals surface area contributed by atoms with Gasteiger partial charge >= 0.3 is 0 Å². The summed E-state index contributed by atoms with van der Waals surface area (Å²) in [6.45, 7) is 0. The molecule has 3 aromatic rings. The minimum absolute atomic E-state index is 0.0887. The fourth-order valence-electron chi connectivity index (χ4n) is 2.27. The standard InChI is InChI=1S/C16H12N4O5/c21-11-5-6-12(14(22)7-11)13-8-17-19-15(13)16(23)18-9-1-3-10(4-2-9)20(24)25/h1-8,21-22H,(H,17,19)(H,18,23). The van der Waals surface area contributed by atoms with Crippen molar-refractivity contribution in [2.75, 3.05) is 5.32 Å². The average Bonchev–Trinajstić information content (AvgIpc) is 3.04. The van der Waals surface area contributed by atoms with Crippen molar-refractivity contribution in [1.29, 1.82) is 0 Å². The Kier molecular flexibility index (Phi) is 4.04. The number of anilines is 1. The number of nitrogens with one attached hydrogen (secondary N) is 2. The summed E-state index contributed by atoms with van der Waals surface area (Å²) in [6, 6.07) is 9.34. The third kappa shape index (κ3) is 3.24. The molecule has 1 amide bonds. The summed E-state index contributed by atoms with van der Waals surface area (Å²) in [6.07, 6.45) is 1.37. The predicted molar refractivity (Wildman–Crippen MR) is 88.4 cm³/mol. The second-order valence-electron chi connectivity index (χ2n) is 5.12. The fraction of sp³-hybridized carbons (Fsp3) is 0. The summed E-state index contributed by atoms with van der Waals surface area (Å²) in [4.78, 5) is 22.5. The highest BCUT2D eigenvalue weighted by Gasteiger charge is 2.18. The van der Waals surface area contributed by atoms with E-state index in [9.17, 15) is 25.1 Å². The van der Waals surface area contributed by atoms with E-state index in [0.717, 1.165) is 6.07 Å². The second kappa shape index (κ2) is 6.32. The van der Waals surface area contributed by atoms with Gasteiger partial charge in [0.15, 0.2) is 0 Å². The number of non-ortho nitro benzene ring substituents is 1. The number of hydrogen-bond donors (Lipinski definition) is 4.